The number of amides is 1. The molecule has 0 unspecified atom stereocenters. The fourth-order valence-electron chi connectivity index (χ4n) is 4.13. The molecule has 0 radical (unpaired) electrons. The standard InChI is InChI=1S/C29H32Cl2N2O5/c1-6-38-29(35)23(32-28(34)27-21(30)8-7-9-22(27)31)14-18-10-12-20(13-11-18)26-24(36-4)15-19(17-33(2)3)16-25(26)37-5/h7-13,15-16,23H,6,14,17H2,1-5H3,(H,32,34)/t23-/m0/s1. The number of hydrogen-bond acceptors (Lipinski definition) is 6. The zero-order chi connectivity index (χ0) is 27.8. The topological polar surface area (TPSA) is 77.1 Å². The molecule has 0 aromatic heterocycles. The average Bonchev–Trinajstić information content (AvgIpc) is 2.88. The van der Waals surface area contributed by atoms with Gasteiger partial charge in [-0.3, -0.25) is 4.79 Å². The maximum Gasteiger partial charge on any atom is 0.328 e. The van der Waals surface area contributed by atoms with E-state index in [0.29, 0.717) is 11.5 Å². The van der Waals surface area contributed by atoms with Gasteiger partial charge in [0, 0.05) is 13.0 Å². The Labute approximate surface area is 233 Å². The van der Waals surface area contributed by atoms with Crippen molar-refractivity contribution < 1.29 is 23.8 Å². The number of rotatable bonds is 11. The number of benzene rings is 3. The minimum Gasteiger partial charge on any atom is -0.496 e. The van der Waals surface area contributed by atoms with Crippen molar-refractivity contribution >= 4 is 35.1 Å². The van der Waals surface area contributed by atoms with Gasteiger partial charge in [-0.1, -0.05) is 53.5 Å². The van der Waals surface area contributed by atoms with Gasteiger partial charge in [0.15, 0.2) is 0 Å². The Balaban J connectivity index is 1.88. The van der Waals surface area contributed by atoms with Crippen molar-refractivity contribution in [1.82, 2.24) is 10.2 Å². The molecule has 7 nitrogen and oxygen atoms in total. The molecule has 0 fully saturated rings. The third kappa shape index (κ3) is 7.19. The van der Waals surface area contributed by atoms with Crippen molar-refractivity contribution in [1.29, 1.82) is 0 Å². The highest BCUT2D eigenvalue weighted by Crippen LogP contribution is 2.40. The van der Waals surface area contributed by atoms with Gasteiger partial charge < -0.3 is 24.4 Å². The van der Waals surface area contributed by atoms with E-state index in [0.717, 1.165) is 28.8 Å². The minimum atomic E-state index is -0.935. The molecule has 0 bridgehead atoms. The van der Waals surface area contributed by atoms with Crippen molar-refractivity contribution in [3.05, 3.63) is 81.3 Å². The summed E-state index contributed by atoms with van der Waals surface area (Å²) in [5, 5.41) is 3.12. The van der Waals surface area contributed by atoms with Crippen LogP contribution < -0.4 is 14.8 Å². The van der Waals surface area contributed by atoms with Gasteiger partial charge in [0.1, 0.15) is 17.5 Å². The van der Waals surface area contributed by atoms with Crippen LogP contribution in [0.4, 0.5) is 0 Å². The van der Waals surface area contributed by atoms with Gasteiger partial charge in [-0.2, -0.15) is 0 Å². The lowest BCUT2D eigenvalue weighted by atomic mass is 9.97. The van der Waals surface area contributed by atoms with E-state index in [-0.39, 0.29) is 28.6 Å². The fraction of sp³-hybridized carbons (Fsp3) is 0.310. The number of ether oxygens (including phenoxy) is 3. The van der Waals surface area contributed by atoms with Gasteiger partial charge in [-0.25, -0.2) is 4.79 Å². The van der Waals surface area contributed by atoms with Gasteiger partial charge in [-0.05, 0) is 62.0 Å². The molecule has 3 aromatic rings. The summed E-state index contributed by atoms with van der Waals surface area (Å²) < 4.78 is 16.6. The molecule has 9 heteroatoms. The summed E-state index contributed by atoms with van der Waals surface area (Å²) in [7, 11) is 7.26. The quantitative estimate of drug-likeness (QED) is 0.307. The van der Waals surface area contributed by atoms with Crippen LogP contribution in [-0.2, 0) is 22.5 Å². The zero-order valence-corrected chi connectivity index (χ0v) is 23.7. The number of carbonyl (C=O) groups excluding carboxylic acids is 2. The molecule has 0 heterocycles. The summed E-state index contributed by atoms with van der Waals surface area (Å²) in [4.78, 5) is 27.7. The Kier molecular flexibility index (Phi) is 10.4. The van der Waals surface area contributed by atoms with Crippen LogP contribution in [-0.4, -0.2) is 57.7 Å². The molecule has 0 aliphatic carbocycles. The molecule has 1 N–H and O–H groups in total. The largest absolute Gasteiger partial charge is 0.496 e. The second kappa shape index (κ2) is 13.5. The molecule has 3 aromatic carbocycles. The smallest absolute Gasteiger partial charge is 0.328 e. The first-order valence-corrected chi connectivity index (χ1v) is 12.8. The average molecular weight is 559 g/mol. The molecular formula is C29H32Cl2N2O5. The van der Waals surface area contributed by atoms with Gasteiger partial charge in [0.05, 0.1) is 42.0 Å². The predicted octanol–water partition coefficient (Wildman–Crippen LogP) is 5.64. The summed E-state index contributed by atoms with van der Waals surface area (Å²) in [5.41, 5.74) is 3.71. The van der Waals surface area contributed by atoms with E-state index in [1.807, 2.05) is 50.5 Å². The number of halogens is 2. The third-order valence-corrected chi connectivity index (χ3v) is 6.44. The molecule has 202 valence electrons. The van der Waals surface area contributed by atoms with Crippen LogP contribution in [0.1, 0.15) is 28.4 Å². The van der Waals surface area contributed by atoms with Gasteiger partial charge in [0.25, 0.3) is 5.91 Å². The van der Waals surface area contributed by atoms with Crippen LogP contribution in [0.3, 0.4) is 0 Å². The second-order valence-corrected chi connectivity index (χ2v) is 9.70. The first-order valence-electron chi connectivity index (χ1n) is 12.1. The summed E-state index contributed by atoms with van der Waals surface area (Å²) in [5.74, 6) is 0.292. The highest BCUT2D eigenvalue weighted by atomic mass is 35.5. The van der Waals surface area contributed by atoms with Crippen LogP contribution in [0.5, 0.6) is 11.5 Å². The normalized spacial score (nSPS) is 11.7. The summed E-state index contributed by atoms with van der Waals surface area (Å²) in [6.07, 6.45) is 0.211. The van der Waals surface area contributed by atoms with E-state index >= 15 is 0 Å². The molecule has 0 saturated heterocycles. The summed E-state index contributed by atoms with van der Waals surface area (Å²) in [6, 6.07) is 15.5. The van der Waals surface area contributed by atoms with Crippen LogP contribution in [0, 0.1) is 0 Å². The SMILES string of the molecule is CCOC(=O)[C@H](Cc1ccc(-c2c(OC)cc(CN(C)C)cc2OC)cc1)NC(=O)c1c(Cl)cccc1Cl. The number of nitrogens with one attached hydrogen (secondary N) is 1. The molecular weight excluding hydrogens is 527 g/mol. The van der Waals surface area contributed by atoms with Crippen LogP contribution in [0.15, 0.2) is 54.6 Å². The van der Waals surface area contributed by atoms with Crippen LogP contribution in [0.25, 0.3) is 11.1 Å². The highest BCUT2D eigenvalue weighted by Gasteiger charge is 2.25. The van der Waals surface area contributed by atoms with Gasteiger partial charge in [-0.15, -0.1) is 0 Å². The fourth-order valence-corrected chi connectivity index (χ4v) is 4.70. The van der Waals surface area contributed by atoms with Crippen molar-refractivity contribution in [3.63, 3.8) is 0 Å². The molecule has 0 saturated carbocycles. The van der Waals surface area contributed by atoms with E-state index in [9.17, 15) is 9.59 Å². The van der Waals surface area contributed by atoms with E-state index in [4.69, 9.17) is 37.4 Å². The Morgan fingerprint density at radius 1 is 0.921 bits per heavy atom. The van der Waals surface area contributed by atoms with E-state index in [1.54, 1.807) is 39.3 Å². The minimum absolute atomic E-state index is 0.109. The van der Waals surface area contributed by atoms with E-state index in [1.165, 1.54) is 0 Å². The van der Waals surface area contributed by atoms with Crippen molar-refractivity contribution in [2.75, 3.05) is 34.9 Å². The van der Waals surface area contributed by atoms with Gasteiger partial charge in [0.2, 0.25) is 0 Å². The molecule has 1 atom stereocenters. The molecule has 38 heavy (non-hydrogen) atoms. The predicted molar refractivity (Wildman–Crippen MR) is 150 cm³/mol. The zero-order valence-electron chi connectivity index (χ0n) is 22.1. The maximum absolute atomic E-state index is 13.0. The lowest BCUT2D eigenvalue weighted by Crippen LogP contribution is -2.43. The first-order chi connectivity index (χ1) is 18.2. The van der Waals surface area contributed by atoms with Gasteiger partial charge >= 0.3 is 5.97 Å². The van der Waals surface area contributed by atoms with E-state index < -0.39 is 17.9 Å². The number of nitrogens with zero attached hydrogens (tertiary/aromatic N) is 1. The first kappa shape index (κ1) is 29.3. The lowest BCUT2D eigenvalue weighted by Gasteiger charge is -2.19. The number of carbonyl (C=O) groups is 2. The summed E-state index contributed by atoms with van der Waals surface area (Å²) >= 11 is 12.4. The number of methoxy groups -OCH3 is 2. The molecule has 1 amide bonds. The molecule has 3 rings (SSSR count). The van der Waals surface area contributed by atoms with Crippen molar-refractivity contribution in [3.8, 4) is 22.6 Å². The van der Waals surface area contributed by atoms with Crippen LogP contribution >= 0.6 is 23.2 Å². The maximum atomic E-state index is 13.0. The lowest BCUT2D eigenvalue weighted by molar-refractivity contribution is -0.145. The van der Waals surface area contributed by atoms with E-state index in [2.05, 4.69) is 10.2 Å². The third-order valence-electron chi connectivity index (χ3n) is 5.81. The Morgan fingerprint density at radius 2 is 1.50 bits per heavy atom. The summed E-state index contributed by atoms with van der Waals surface area (Å²) in [6.45, 7) is 2.63. The Bertz CT molecular complexity index is 1230. The molecule has 0 spiro atoms. The Hall–Kier alpha value is -3.26. The molecule has 0 aliphatic heterocycles. The molecule has 0 aliphatic rings. The number of esters is 1. The van der Waals surface area contributed by atoms with Crippen LogP contribution in [0.2, 0.25) is 10.0 Å². The Morgan fingerprint density at radius 3 is 2.00 bits per heavy atom. The van der Waals surface area contributed by atoms with Crippen molar-refractivity contribution in [2.24, 2.45) is 0 Å². The highest BCUT2D eigenvalue weighted by molar-refractivity contribution is 6.39. The van der Waals surface area contributed by atoms with Crippen molar-refractivity contribution in [2.45, 2.75) is 25.9 Å². The number of hydrogen-bond donors (Lipinski definition) is 1. The monoisotopic (exact) mass is 558 g/mol. The second-order valence-electron chi connectivity index (χ2n) is 8.89.